The molecule has 0 fully saturated rings. The topological polar surface area (TPSA) is 82.4 Å². The molecule has 0 heterocycles. The molecule has 0 aromatic heterocycles. The fourth-order valence-electron chi connectivity index (χ4n) is 2.71. The van der Waals surface area contributed by atoms with Gasteiger partial charge in [-0.2, -0.15) is 0 Å². The van der Waals surface area contributed by atoms with E-state index in [9.17, 15) is 8.42 Å². The van der Waals surface area contributed by atoms with E-state index in [1.807, 2.05) is 12.1 Å². The molecule has 0 saturated carbocycles. The van der Waals surface area contributed by atoms with Crippen LogP contribution in [0.15, 0.2) is 76.7 Å². The maximum atomic E-state index is 13.0. The molecule has 0 radical (unpaired) electrons. The number of sulfonamides is 1. The van der Waals surface area contributed by atoms with Gasteiger partial charge in [-0.15, -0.1) is 0 Å². The van der Waals surface area contributed by atoms with E-state index in [1.165, 1.54) is 12.3 Å². The van der Waals surface area contributed by atoms with E-state index < -0.39 is 10.0 Å². The van der Waals surface area contributed by atoms with Crippen LogP contribution in [-0.2, 0) is 15.4 Å². The summed E-state index contributed by atoms with van der Waals surface area (Å²) in [6.45, 7) is 9.91. The van der Waals surface area contributed by atoms with Crippen LogP contribution in [0, 0.1) is 5.41 Å². The molecular weight excluding hydrogens is 418 g/mol. The Hall–Kier alpha value is -2.70. The van der Waals surface area contributed by atoms with Crippen LogP contribution in [0.2, 0.25) is 5.02 Å². The molecule has 5 nitrogen and oxygen atoms in total. The zero-order valence-electron chi connectivity index (χ0n) is 17.5. The van der Waals surface area contributed by atoms with Gasteiger partial charge in [0.05, 0.1) is 16.3 Å². The Morgan fingerprint density at radius 1 is 1.17 bits per heavy atom. The van der Waals surface area contributed by atoms with Crippen LogP contribution in [0.25, 0.3) is 0 Å². The number of rotatable bonds is 7. The van der Waals surface area contributed by atoms with Crippen molar-refractivity contribution in [3.05, 3.63) is 82.9 Å². The van der Waals surface area contributed by atoms with Crippen molar-refractivity contribution in [2.45, 2.75) is 31.1 Å². The van der Waals surface area contributed by atoms with Crippen LogP contribution in [0.5, 0.6) is 0 Å². The first kappa shape index (κ1) is 23.6. The minimum atomic E-state index is -3.86. The number of aliphatic imine (C=N–C) groups is 1. The summed E-state index contributed by atoms with van der Waals surface area (Å²) >= 11 is 6.12. The Balaban J connectivity index is 2.45. The average Bonchev–Trinajstić information content (AvgIpc) is 2.69. The molecule has 0 atom stereocenters. The van der Waals surface area contributed by atoms with Crippen molar-refractivity contribution in [2.24, 2.45) is 4.99 Å². The second-order valence-electron chi connectivity index (χ2n) is 7.68. The van der Waals surface area contributed by atoms with E-state index in [-0.39, 0.29) is 21.7 Å². The molecule has 0 unspecified atom stereocenters. The molecule has 2 aromatic carbocycles. The predicted molar refractivity (Wildman–Crippen MR) is 127 cm³/mol. The van der Waals surface area contributed by atoms with Gasteiger partial charge >= 0.3 is 0 Å². The minimum Gasteiger partial charge on any atom is -0.300 e. The third kappa shape index (κ3) is 5.68. The second kappa shape index (κ2) is 9.41. The molecule has 158 valence electrons. The Bertz CT molecular complexity index is 1110. The number of allylic oxidation sites excluding steroid dienone is 3. The molecule has 0 bridgehead atoms. The molecule has 0 saturated heterocycles. The van der Waals surface area contributed by atoms with Crippen molar-refractivity contribution in [1.82, 2.24) is 0 Å². The lowest BCUT2D eigenvalue weighted by atomic mass is 9.87. The molecule has 2 aromatic rings. The SMILES string of the molecule is C=C/C(=C\C=NC)C(=N)c1cc(Cl)ccc1NS(=O)(=O)c1ccc(C(C)(C)C)cc1. The van der Waals surface area contributed by atoms with E-state index in [4.69, 9.17) is 17.0 Å². The highest BCUT2D eigenvalue weighted by Gasteiger charge is 2.20. The highest BCUT2D eigenvalue weighted by Crippen LogP contribution is 2.28. The molecule has 0 spiro atoms. The summed E-state index contributed by atoms with van der Waals surface area (Å²) < 4.78 is 28.5. The van der Waals surface area contributed by atoms with Crippen molar-refractivity contribution >= 4 is 39.2 Å². The summed E-state index contributed by atoms with van der Waals surface area (Å²) in [4.78, 5) is 4.02. The third-order valence-electron chi connectivity index (χ3n) is 4.44. The van der Waals surface area contributed by atoms with Gasteiger partial charge in [0.2, 0.25) is 0 Å². The lowest BCUT2D eigenvalue weighted by Crippen LogP contribution is -2.17. The van der Waals surface area contributed by atoms with Crippen LogP contribution in [0.1, 0.15) is 31.9 Å². The van der Waals surface area contributed by atoms with Gasteiger partial charge in [0.25, 0.3) is 10.0 Å². The van der Waals surface area contributed by atoms with Gasteiger partial charge in [0.15, 0.2) is 0 Å². The monoisotopic (exact) mass is 443 g/mol. The first-order valence-electron chi connectivity index (χ1n) is 9.26. The maximum Gasteiger partial charge on any atom is 0.261 e. The number of nitrogens with one attached hydrogen (secondary N) is 2. The first-order chi connectivity index (χ1) is 14.0. The van der Waals surface area contributed by atoms with Gasteiger partial charge < -0.3 is 0 Å². The van der Waals surface area contributed by atoms with Crippen molar-refractivity contribution in [1.29, 1.82) is 5.41 Å². The number of anilines is 1. The Morgan fingerprint density at radius 2 is 1.80 bits per heavy atom. The Morgan fingerprint density at radius 3 is 2.33 bits per heavy atom. The van der Waals surface area contributed by atoms with Gasteiger partial charge in [-0.05, 0) is 47.4 Å². The second-order valence-corrected chi connectivity index (χ2v) is 9.80. The van der Waals surface area contributed by atoms with Crippen molar-refractivity contribution in [2.75, 3.05) is 11.8 Å². The number of hydrogen-bond donors (Lipinski definition) is 2. The van der Waals surface area contributed by atoms with Gasteiger partial charge in [0, 0.05) is 29.4 Å². The summed E-state index contributed by atoms with van der Waals surface area (Å²) in [7, 11) is -2.24. The Labute approximate surface area is 183 Å². The smallest absolute Gasteiger partial charge is 0.261 e. The minimum absolute atomic E-state index is 0.0770. The van der Waals surface area contributed by atoms with Crippen molar-refractivity contribution in [3.63, 3.8) is 0 Å². The van der Waals surface area contributed by atoms with Crippen LogP contribution >= 0.6 is 11.6 Å². The van der Waals surface area contributed by atoms with Crippen LogP contribution in [0.4, 0.5) is 5.69 Å². The molecule has 0 aliphatic heterocycles. The summed E-state index contributed by atoms with van der Waals surface area (Å²) in [5, 5.41) is 8.91. The maximum absolute atomic E-state index is 13.0. The zero-order chi connectivity index (χ0) is 22.5. The molecule has 0 aliphatic rings. The molecule has 7 heteroatoms. The largest absolute Gasteiger partial charge is 0.300 e. The van der Waals surface area contributed by atoms with E-state index in [2.05, 4.69) is 37.1 Å². The third-order valence-corrected chi connectivity index (χ3v) is 6.05. The fraction of sp³-hybridized carbons (Fsp3) is 0.217. The number of benzene rings is 2. The number of nitrogens with zero attached hydrogens (tertiary/aromatic N) is 1. The first-order valence-corrected chi connectivity index (χ1v) is 11.1. The number of hydrogen-bond acceptors (Lipinski definition) is 4. The predicted octanol–water partition coefficient (Wildman–Crippen LogP) is 5.62. The van der Waals surface area contributed by atoms with Gasteiger partial charge in [-0.3, -0.25) is 15.1 Å². The summed E-state index contributed by atoms with van der Waals surface area (Å²) in [6.07, 6.45) is 4.67. The highest BCUT2D eigenvalue weighted by atomic mass is 35.5. The molecule has 2 N–H and O–H groups in total. The lowest BCUT2D eigenvalue weighted by molar-refractivity contribution is 0.587. The quantitative estimate of drug-likeness (QED) is 0.430. The molecule has 30 heavy (non-hydrogen) atoms. The van der Waals surface area contributed by atoms with Gasteiger partial charge in [-0.1, -0.05) is 57.2 Å². The normalized spacial score (nSPS) is 12.8. The van der Waals surface area contributed by atoms with Crippen molar-refractivity contribution < 1.29 is 8.42 Å². The summed E-state index contributed by atoms with van der Waals surface area (Å²) in [5.74, 6) is 0. The zero-order valence-corrected chi connectivity index (χ0v) is 19.1. The number of halogens is 1. The standard InChI is InChI=1S/C23H26ClN3O2S/c1-6-16(13-14-26-5)22(25)20-15-18(24)9-12-21(20)27-30(28,29)19-10-7-17(8-11-19)23(2,3)4/h6-15,25,27H,1H2,2-5H3/b16-13+,25-22?,26-14?. The van der Waals surface area contributed by atoms with Crippen LogP contribution in [0.3, 0.4) is 0 Å². The van der Waals surface area contributed by atoms with Crippen LogP contribution in [-0.4, -0.2) is 27.4 Å². The van der Waals surface area contributed by atoms with E-state index in [1.54, 1.807) is 43.5 Å². The molecular formula is C23H26ClN3O2S. The fourth-order valence-corrected chi connectivity index (χ4v) is 3.97. The van der Waals surface area contributed by atoms with Crippen molar-refractivity contribution in [3.8, 4) is 0 Å². The van der Waals surface area contributed by atoms with Crippen LogP contribution < -0.4 is 4.72 Å². The van der Waals surface area contributed by atoms with Gasteiger partial charge in [-0.25, -0.2) is 8.42 Å². The Kier molecular flexibility index (Phi) is 7.39. The van der Waals surface area contributed by atoms with E-state index in [0.29, 0.717) is 16.2 Å². The molecule has 0 aliphatic carbocycles. The van der Waals surface area contributed by atoms with E-state index in [0.717, 1.165) is 5.56 Å². The molecule has 0 amide bonds. The van der Waals surface area contributed by atoms with E-state index >= 15 is 0 Å². The summed E-state index contributed by atoms with van der Waals surface area (Å²) in [6, 6.07) is 11.4. The lowest BCUT2D eigenvalue weighted by Gasteiger charge is -2.19. The molecule has 2 rings (SSSR count). The summed E-state index contributed by atoms with van der Waals surface area (Å²) in [5.41, 5.74) is 2.11. The van der Waals surface area contributed by atoms with Gasteiger partial charge in [0.1, 0.15) is 0 Å². The average molecular weight is 444 g/mol. The highest BCUT2D eigenvalue weighted by molar-refractivity contribution is 7.92.